The minimum absolute atomic E-state index is 0.447. The van der Waals surface area contributed by atoms with Crippen molar-refractivity contribution in [3.05, 3.63) is 35.4 Å². The molecule has 0 saturated carbocycles. The normalized spacial score (nSPS) is 26.0. The Labute approximate surface area is 147 Å². The number of hydrogen-bond acceptors (Lipinski definition) is 6. The summed E-state index contributed by atoms with van der Waals surface area (Å²) in [6.07, 6.45) is 7.44. The molecule has 0 amide bonds. The number of nitrogens with zero attached hydrogens (tertiary/aromatic N) is 6. The first-order valence-electron chi connectivity index (χ1n) is 9.21. The number of anilines is 1. The SMILES string of the molecule is Cn1nccc1CN1[C@@H]2CC[C@@H]1c1cnc(N3CCOCC3)nc1C2. The van der Waals surface area contributed by atoms with Gasteiger partial charge in [0.15, 0.2) is 0 Å². The van der Waals surface area contributed by atoms with Crippen LogP contribution in [-0.2, 0) is 24.8 Å². The molecule has 0 aromatic carbocycles. The summed E-state index contributed by atoms with van der Waals surface area (Å²) in [4.78, 5) is 14.5. The van der Waals surface area contributed by atoms with Gasteiger partial charge in [0, 0.05) is 63.1 Å². The Morgan fingerprint density at radius 2 is 2.12 bits per heavy atom. The van der Waals surface area contributed by atoms with Crippen molar-refractivity contribution in [2.75, 3.05) is 31.2 Å². The minimum atomic E-state index is 0.447. The molecule has 3 aliphatic heterocycles. The van der Waals surface area contributed by atoms with Gasteiger partial charge in [0.25, 0.3) is 0 Å². The molecule has 2 aromatic rings. The molecule has 2 fully saturated rings. The van der Waals surface area contributed by atoms with E-state index in [0.29, 0.717) is 12.1 Å². The van der Waals surface area contributed by atoms with Crippen LogP contribution in [0.4, 0.5) is 5.95 Å². The quantitative estimate of drug-likeness (QED) is 0.840. The lowest BCUT2D eigenvalue weighted by atomic mass is 9.99. The summed E-state index contributed by atoms with van der Waals surface area (Å²) in [7, 11) is 2.02. The smallest absolute Gasteiger partial charge is 0.225 e. The van der Waals surface area contributed by atoms with Crippen LogP contribution in [-0.4, -0.2) is 57.0 Å². The summed E-state index contributed by atoms with van der Waals surface area (Å²) < 4.78 is 7.42. The highest BCUT2D eigenvalue weighted by atomic mass is 16.5. The molecule has 0 unspecified atom stereocenters. The lowest BCUT2D eigenvalue weighted by Gasteiger charge is -2.36. The Balaban J connectivity index is 1.41. The second kappa shape index (κ2) is 6.07. The van der Waals surface area contributed by atoms with Gasteiger partial charge in [0.05, 0.1) is 24.6 Å². The predicted molar refractivity (Wildman–Crippen MR) is 93.3 cm³/mol. The Kier molecular flexibility index (Phi) is 3.71. The first-order chi connectivity index (χ1) is 12.3. The van der Waals surface area contributed by atoms with E-state index in [1.165, 1.54) is 29.8 Å². The molecule has 132 valence electrons. The van der Waals surface area contributed by atoms with E-state index in [-0.39, 0.29) is 0 Å². The molecule has 2 bridgehead atoms. The van der Waals surface area contributed by atoms with E-state index in [1.54, 1.807) is 0 Å². The van der Waals surface area contributed by atoms with E-state index in [0.717, 1.165) is 45.2 Å². The Hall–Kier alpha value is -1.99. The third kappa shape index (κ3) is 2.62. The fourth-order valence-corrected chi connectivity index (χ4v) is 4.47. The zero-order chi connectivity index (χ0) is 16.8. The standard InChI is InChI=1S/C18H24N6O/c1-22-14(4-5-20-22)12-24-13-2-3-17(24)15-11-19-18(21-16(15)10-13)23-6-8-25-9-7-23/h4-5,11,13,17H,2-3,6-10,12H2,1H3/t13-,17-/m1/s1. The van der Waals surface area contributed by atoms with E-state index >= 15 is 0 Å². The van der Waals surface area contributed by atoms with E-state index in [1.807, 2.05) is 17.9 Å². The predicted octanol–water partition coefficient (Wildman–Crippen LogP) is 1.31. The molecule has 5 rings (SSSR count). The van der Waals surface area contributed by atoms with Gasteiger partial charge in [0.2, 0.25) is 5.95 Å². The maximum Gasteiger partial charge on any atom is 0.225 e. The first-order valence-corrected chi connectivity index (χ1v) is 9.21. The summed E-state index contributed by atoms with van der Waals surface area (Å²) in [5.74, 6) is 0.876. The summed E-state index contributed by atoms with van der Waals surface area (Å²) >= 11 is 0. The molecule has 2 atom stereocenters. The molecule has 0 aliphatic carbocycles. The molecular weight excluding hydrogens is 316 g/mol. The highest BCUT2D eigenvalue weighted by Crippen LogP contribution is 2.43. The number of fused-ring (bicyclic) bond motifs is 4. The highest BCUT2D eigenvalue weighted by Gasteiger charge is 2.41. The second-order valence-corrected chi connectivity index (χ2v) is 7.24. The van der Waals surface area contributed by atoms with Crippen molar-refractivity contribution in [2.45, 2.75) is 37.9 Å². The number of aromatic nitrogens is 4. The van der Waals surface area contributed by atoms with Crippen molar-refractivity contribution in [2.24, 2.45) is 7.05 Å². The van der Waals surface area contributed by atoms with Crippen LogP contribution in [0.2, 0.25) is 0 Å². The van der Waals surface area contributed by atoms with Crippen LogP contribution in [0.5, 0.6) is 0 Å². The number of ether oxygens (including phenoxy) is 1. The van der Waals surface area contributed by atoms with E-state index in [9.17, 15) is 0 Å². The zero-order valence-corrected chi connectivity index (χ0v) is 14.6. The number of aryl methyl sites for hydroxylation is 1. The van der Waals surface area contributed by atoms with Gasteiger partial charge in [0.1, 0.15) is 0 Å². The van der Waals surface area contributed by atoms with Crippen molar-refractivity contribution < 1.29 is 4.74 Å². The molecule has 7 nitrogen and oxygen atoms in total. The van der Waals surface area contributed by atoms with Crippen LogP contribution in [0.3, 0.4) is 0 Å². The Morgan fingerprint density at radius 1 is 1.24 bits per heavy atom. The molecule has 2 aromatic heterocycles. The monoisotopic (exact) mass is 340 g/mol. The summed E-state index contributed by atoms with van der Waals surface area (Å²) in [5.41, 5.74) is 3.85. The van der Waals surface area contributed by atoms with Gasteiger partial charge < -0.3 is 9.64 Å². The minimum Gasteiger partial charge on any atom is -0.378 e. The van der Waals surface area contributed by atoms with Crippen LogP contribution in [0.25, 0.3) is 0 Å². The van der Waals surface area contributed by atoms with Crippen molar-refractivity contribution >= 4 is 5.95 Å². The fourth-order valence-electron chi connectivity index (χ4n) is 4.47. The number of rotatable bonds is 3. The lowest BCUT2D eigenvalue weighted by molar-refractivity contribution is 0.122. The third-order valence-electron chi connectivity index (χ3n) is 5.88. The van der Waals surface area contributed by atoms with Gasteiger partial charge in [-0.25, -0.2) is 9.97 Å². The maximum absolute atomic E-state index is 5.44. The largest absolute Gasteiger partial charge is 0.378 e. The van der Waals surface area contributed by atoms with Crippen molar-refractivity contribution in [1.29, 1.82) is 0 Å². The van der Waals surface area contributed by atoms with Gasteiger partial charge in [-0.3, -0.25) is 9.58 Å². The van der Waals surface area contributed by atoms with Gasteiger partial charge in [-0.05, 0) is 18.9 Å². The Morgan fingerprint density at radius 3 is 2.92 bits per heavy atom. The average Bonchev–Trinajstić information content (AvgIpc) is 3.17. The van der Waals surface area contributed by atoms with E-state index in [4.69, 9.17) is 14.7 Å². The molecule has 2 saturated heterocycles. The summed E-state index contributed by atoms with van der Waals surface area (Å²) in [6, 6.07) is 3.15. The molecule has 7 heteroatoms. The van der Waals surface area contributed by atoms with Crippen LogP contribution >= 0.6 is 0 Å². The van der Waals surface area contributed by atoms with Crippen LogP contribution in [0, 0.1) is 0 Å². The summed E-state index contributed by atoms with van der Waals surface area (Å²) in [6.45, 7) is 4.27. The molecule has 0 N–H and O–H groups in total. The first kappa shape index (κ1) is 15.3. The molecule has 3 aliphatic rings. The topological polar surface area (TPSA) is 59.3 Å². The zero-order valence-electron chi connectivity index (χ0n) is 14.6. The molecule has 0 spiro atoms. The Bertz CT molecular complexity index is 769. The van der Waals surface area contributed by atoms with Crippen molar-refractivity contribution in [1.82, 2.24) is 24.6 Å². The number of hydrogen-bond donors (Lipinski definition) is 0. The molecular formula is C18H24N6O. The van der Waals surface area contributed by atoms with Gasteiger partial charge in [-0.2, -0.15) is 5.10 Å². The molecule has 0 radical (unpaired) electrons. The van der Waals surface area contributed by atoms with Crippen molar-refractivity contribution in [3.63, 3.8) is 0 Å². The van der Waals surface area contributed by atoms with E-state index in [2.05, 4.69) is 27.2 Å². The molecule has 25 heavy (non-hydrogen) atoms. The van der Waals surface area contributed by atoms with Gasteiger partial charge in [-0.15, -0.1) is 0 Å². The number of morpholine rings is 1. The third-order valence-corrected chi connectivity index (χ3v) is 5.88. The highest BCUT2D eigenvalue weighted by molar-refractivity contribution is 5.37. The molecule has 5 heterocycles. The van der Waals surface area contributed by atoms with Gasteiger partial charge in [-0.1, -0.05) is 0 Å². The van der Waals surface area contributed by atoms with E-state index < -0.39 is 0 Å². The fraction of sp³-hybridized carbons (Fsp3) is 0.611. The average molecular weight is 340 g/mol. The van der Waals surface area contributed by atoms with Crippen LogP contribution in [0.1, 0.15) is 35.8 Å². The maximum atomic E-state index is 5.44. The van der Waals surface area contributed by atoms with Gasteiger partial charge >= 0.3 is 0 Å². The second-order valence-electron chi connectivity index (χ2n) is 7.24. The van der Waals surface area contributed by atoms with Crippen molar-refractivity contribution in [3.8, 4) is 0 Å². The summed E-state index contributed by atoms with van der Waals surface area (Å²) in [5, 5.41) is 4.31. The van der Waals surface area contributed by atoms with Crippen LogP contribution < -0.4 is 4.90 Å². The van der Waals surface area contributed by atoms with Crippen LogP contribution in [0.15, 0.2) is 18.5 Å². The lowest BCUT2D eigenvalue weighted by Crippen LogP contribution is -2.40.